The SMILES string of the molecule is CC(CO)(CCCOc1ccc(F)cc1F)NC1CC1. The van der Waals surface area contributed by atoms with Gasteiger partial charge in [-0.25, -0.2) is 8.78 Å². The van der Waals surface area contributed by atoms with Gasteiger partial charge in [0.25, 0.3) is 0 Å². The first-order valence-electron chi connectivity index (χ1n) is 6.99. The average molecular weight is 285 g/mol. The van der Waals surface area contributed by atoms with Gasteiger partial charge in [-0.2, -0.15) is 0 Å². The van der Waals surface area contributed by atoms with Gasteiger partial charge >= 0.3 is 0 Å². The minimum atomic E-state index is -0.689. The van der Waals surface area contributed by atoms with Crippen molar-refractivity contribution in [2.75, 3.05) is 13.2 Å². The molecule has 3 nitrogen and oxygen atoms in total. The van der Waals surface area contributed by atoms with Crippen LogP contribution in [-0.2, 0) is 0 Å². The molecule has 0 bridgehead atoms. The molecule has 1 unspecified atom stereocenters. The van der Waals surface area contributed by atoms with Crippen LogP contribution in [0, 0.1) is 11.6 Å². The third kappa shape index (κ3) is 4.42. The fourth-order valence-corrected chi connectivity index (χ4v) is 2.15. The largest absolute Gasteiger partial charge is 0.491 e. The summed E-state index contributed by atoms with van der Waals surface area (Å²) in [5.41, 5.74) is -0.314. The van der Waals surface area contributed by atoms with Crippen LogP contribution < -0.4 is 10.1 Å². The molecule has 1 aromatic carbocycles. The number of aliphatic hydroxyl groups excluding tert-OH is 1. The molecule has 20 heavy (non-hydrogen) atoms. The maximum absolute atomic E-state index is 13.3. The molecule has 0 heterocycles. The first-order valence-corrected chi connectivity index (χ1v) is 6.99. The van der Waals surface area contributed by atoms with Crippen LogP contribution in [0.3, 0.4) is 0 Å². The molecule has 112 valence electrons. The van der Waals surface area contributed by atoms with Crippen molar-refractivity contribution in [2.45, 2.75) is 44.2 Å². The Balaban J connectivity index is 1.74. The molecule has 0 spiro atoms. The Labute approximate surface area is 117 Å². The molecule has 0 aliphatic heterocycles. The Hall–Kier alpha value is -1.20. The number of rotatable bonds is 8. The van der Waals surface area contributed by atoms with Crippen molar-refractivity contribution >= 4 is 0 Å². The van der Waals surface area contributed by atoms with Crippen molar-refractivity contribution in [1.29, 1.82) is 0 Å². The lowest BCUT2D eigenvalue weighted by molar-refractivity contribution is 0.153. The second-order valence-corrected chi connectivity index (χ2v) is 5.66. The highest BCUT2D eigenvalue weighted by Gasteiger charge is 2.31. The number of hydrogen-bond acceptors (Lipinski definition) is 3. The number of ether oxygens (including phenoxy) is 1. The molecule has 0 amide bonds. The van der Waals surface area contributed by atoms with Crippen LogP contribution in [0.4, 0.5) is 8.78 Å². The molecule has 2 N–H and O–H groups in total. The van der Waals surface area contributed by atoms with Gasteiger partial charge < -0.3 is 15.2 Å². The minimum absolute atomic E-state index is 0.0623. The fourth-order valence-electron chi connectivity index (χ4n) is 2.15. The summed E-state index contributed by atoms with van der Waals surface area (Å²) in [5.74, 6) is -1.24. The number of halogens is 2. The van der Waals surface area contributed by atoms with Crippen molar-refractivity contribution in [3.05, 3.63) is 29.8 Å². The van der Waals surface area contributed by atoms with Crippen LogP contribution in [0.1, 0.15) is 32.6 Å². The van der Waals surface area contributed by atoms with Gasteiger partial charge in [-0.3, -0.25) is 0 Å². The van der Waals surface area contributed by atoms with Crippen LogP contribution in [0.25, 0.3) is 0 Å². The zero-order chi connectivity index (χ0) is 14.6. The summed E-state index contributed by atoms with van der Waals surface area (Å²) in [5, 5.41) is 12.9. The zero-order valence-corrected chi connectivity index (χ0v) is 11.7. The molecular weight excluding hydrogens is 264 g/mol. The fraction of sp³-hybridized carbons (Fsp3) is 0.600. The highest BCUT2D eigenvalue weighted by atomic mass is 19.1. The molecule has 0 aromatic heterocycles. The van der Waals surface area contributed by atoms with Crippen LogP contribution in [0.2, 0.25) is 0 Å². The molecule has 5 heteroatoms. The summed E-state index contributed by atoms with van der Waals surface area (Å²) in [6.07, 6.45) is 3.75. The Morgan fingerprint density at radius 2 is 2.15 bits per heavy atom. The first kappa shape index (κ1) is 15.2. The highest BCUT2D eigenvalue weighted by molar-refractivity contribution is 5.24. The zero-order valence-electron chi connectivity index (χ0n) is 11.7. The van der Waals surface area contributed by atoms with E-state index in [9.17, 15) is 13.9 Å². The molecule has 0 radical (unpaired) electrons. The number of benzene rings is 1. The molecular formula is C15H21F2NO2. The Kier molecular flexibility index (Phi) is 4.94. The average Bonchev–Trinajstić information content (AvgIpc) is 3.20. The molecule has 1 aliphatic rings. The van der Waals surface area contributed by atoms with Gasteiger partial charge in [0.2, 0.25) is 0 Å². The molecule has 1 aliphatic carbocycles. The van der Waals surface area contributed by atoms with Gasteiger partial charge in [0.1, 0.15) is 5.82 Å². The Bertz CT molecular complexity index is 451. The number of nitrogens with one attached hydrogen (secondary N) is 1. The Morgan fingerprint density at radius 3 is 2.75 bits per heavy atom. The third-order valence-electron chi connectivity index (χ3n) is 3.50. The third-order valence-corrected chi connectivity index (χ3v) is 3.50. The quantitative estimate of drug-likeness (QED) is 0.721. The molecule has 1 saturated carbocycles. The summed E-state index contributed by atoms with van der Waals surface area (Å²) in [4.78, 5) is 0. The lowest BCUT2D eigenvalue weighted by Gasteiger charge is -2.29. The van der Waals surface area contributed by atoms with Crippen LogP contribution >= 0.6 is 0 Å². The van der Waals surface area contributed by atoms with E-state index in [1.165, 1.54) is 12.1 Å². The van der Waals surface area contributed by atoms with E-state index >= 15 is 0 Å². The van der Waals surface area contributed by atoms with E-state index in [4.69, 9.17) is 4.74 Å². The summed E-state index contributed by atoms with van der Waals surface area (Å²) < 4.78 is 31.4. The topological polar surface area (TPSA) is 41.5 Å². The number of aliphatic hydroxyl groups is 1. The predicted molar refractivity (Wildman–Crippen MR) is 72.7 cm³/mol. The van der Waals surface area contributed by atoms with E-state index in [-0.39, 0.29) is 17.9 Å². The van der Waals surface area contributed by atoms with E-state index in [0.717, 1.165) is 25.3 Å². The molecule has 1 atom stereocenters. The summed E-state index contributed by atoms with van der Waals surface area (Å²) >= 11 is 0. The summed E-state index contributed by atoms with van der Waals surface area (Å²) in [7, 11) is 0. The van der Waals surface area contributed by atoms with E-state index in [1.54, 1.807) is 0 Å². The van der Waals surface area contributed by atoms with Crippen molar-refractivity contribution in [3.8, 4) is 5.75 Å². The maximum atomic E-state index is 13.3. The minimum Gasteiger partial charge on any atom is -0.491 e. The van der Waals surface area contributed by atoms with Gasteiger partial charge in [0.05, 0.1) is 13.2 Å². The highest BCUT2D eigenvalue weighted by Crippen LogP contribution is 2.25. The van der Waals surface area contributed by atoms with Crippen molar-refractivity contribution in [3.63, 3.8) is 0 Å². The van der Waals surface area contributed by atoms with Crippen molar-refractivity contribution in [1.82, 2.24) is 5.32 Å². The van der Waals surface area contributed by atoms with Gasteiger partial charge in [-0.1, -0.05) is 0 Å². The smallest absolute Gasteiger partial charge is 0.167 e. The van der Waals surface area contributed by atoms with Crippen molar-refractivity contribution < 1.29 is 18.6 Å². The van der Waals surface area contributed by atoms with Gasteiger partial charge in [0, 0.05) is 17.6 Å². The number of hydrogen-bond donors (Lipinski definition) is 2. The molecule has 1 fully saturated rings. The van der Waals surface area contributed by atoms with Gasteiger partial charge in [-0.15, -0.1) is 0 Å². The second kappa shape index (κ2) is 6.50. The van der Waals surface area contributed by atoms with Gasteiger partial charge in [-0.05, 0) is 44.7 Å². The maximum Gasteiger partial charge on any atom is 0.167 e. The monoisotopic (exact) mass is 285 g/mol. The first-order chi connectivity index (χ1) is 9.52. The summed E-state index contributed by atoms with van der Waals surface area (Å²) in [6, 6.07) is 3.79. The van der Waals surface area contributed by atoms with E-state index in [1.807, 2.05) is 6.92 Å². The van der Waals surface area contributed by atoms with Crippen LogP contribution in [0.15, 0.2) is 18.2 Å². The summed E-state index contributed by atoms with van der Waals surface area (Å²) in [6.45, 7) is 2.38. The van der Waals surface area contributed by atoms with Crippen LogP contribution in [-0.4, -0.2) is 29.9 Å². The van der Waals surface area contributed by atoms with Crippen LogP contribution in [0.5, 0.6) is 5.75 Å². The lowest BCUT2D eigenvalue weighted by atomic mass is 9.97. The molecule has 0 saturated heterocycles. The van der Waals surface area contributed by atoms with E-state index in [2.05, 4.69) is 5.32 Å². The standard InChI is InChI=1S/C15H21F2NO2/c1-15(10-19,18-12-4-5-12)7-2-8-20-14-6-3-11(16)9-13(14)17/h3,6,9,12,18-19H,2,4-5,7-8,10H2,1H3. The second-order valence-electron chi connectivity index (χ2n) is 5.66. The van der Waals surface area contributed by atoms with Crippen molar-refractivity contribution in [2.24, 2.45) is 0 Å². The Morgan fingerprint density at radius 1 is 1.40 bits per heavy atom. The van der Waals surface area contributed by atoms with E-state index < -0.39 is 11.6 Å². The molecule has 2 rings (SSSR count). The van der Waals surface area contributed by atoms with Gasteiger partial charge in [0.15, 0.2) is 11.6 Å². The molecule has 1 aromatic rings. The predicted octanol–water partition coefficient (Wildman–Crippen LogP) is 2.63. The van der Waals surface area contributed by atoms with E-state index in [0.29, 0.717) is 19.1 Å². The lowest BCUT2D eigenvalue weighted by Crippen LogP contribution is -2.47. The normalized spacial score (nSPS) is 17.8.